The van der Waals surface area contributed by atoms with E-state index in [-0.39, 0.29) is 143 Å². The van der Waals surface area contributed by atoms with Crippen LogP contribution in [0.1, 0.15) is 264 Å². The van der Waals surface area contributed by atoms with E-state index in [1.807, 2.05) is 84.1 Å². The summed E-state index contributed by atoms with van der Waals surface area (Å²) < 4.78 is 35.1. The Hall–Kier alpha value is -4.69. The summed E-state index contributed by atoms with van der Waals surface area (Å²) in [5.74, 6) is -1.82. The van der Waals surface area contributed by atoms with Crippen molar-refractivity contribution in [3.8, 4) is 0 Å². The summed E-state index contributed by atoms with van der Waals surface area (Å²) >= 11 is 0. The first-order chi connectivity index (χ1) is 50.3. The molecule has 674 valence electrons. The van der Waals surface area contributed by atoms with E-state index in [9.17, 15) is 37.2 Å². The second-order valence-electron chi connectivity index (χ2n) is 35.9. The molecule has 0 rings (SSSR count). The van der Waals surface area contributed by atoms with E-state index in [1.54, 1.807) is 20.8 Å². The molecule has 27 nitrogen and oxygen atoms in total. The smallest absolute Gasteiger partial charge is 0.870 e. The van der Waals surface area contributed by atoms with Crippen LogP contribution in [0.3, 0.4) is 0 Å². The third kappa shape index (κ3) is 111. The van der Waals surface area contributed by atoms with Crippen LogP contribution >= 0.6 is 7.92 Å². The summed E-state index contributed by atoms with van der Waals surface area (Å²) in [6.07, 6.45) is 28.5. The van der Waals surface area contributed by atoms with E-state index >= 15 is 0 Å². The molecule has 0 aromatic heterocycles. The molecule has 11 N–H and O–H groups in total. The Balaban J connectivity index is -0.0000000773. The number of allylic oxidation sites excluding steroid dienone is 7. The van der Waals surface area contributed by atoms with Gasteiger partial charge >= 0.3 is 89.1 Å². The number of carboxylic acids is 1. The zero-order chi connectivity index (χ0) is 90.0. The van der Waals surface area contributed by atoms with Crippen LogP contribution in [0.25, 0.3) is 26.4 Å². The van der Waals surface area contributed by atoms with Crippen molar-refractivity contribution in [1.82, 2.24) is 21.3 Å². The minimum Gasteiger partial charge on any atom is -0.870 e. The molecule has 0 aliphatic heterocycles. The molecule has 0 heterocycles. The van der Waals surface area contributed by atoms with E-state index in [4.69, 9.17) is 43.0 Å². The molecule has 31 heteroatoms. The molecule has 0 saturated heterocycles. The molecule has 116 heavy (non-hydrogen) atoms. The fraction of sp³-hybridized carbons (Fsp3) is 0.765. The second kappa shape index (κ2) is 80.1. The fourth-order valence-electron chi connectivity index (χ4n) is 8.68. The average molecular weight is 1710 g/mol. The number of hydrogen-bond acceptors (Lipinski definition) is 17. The van der Waals surface area contributed by atoms with Crippen molar-refractivity contribution in [2.45, 2.75) is 282 Å². The molecule has 4 amide bonds. The molecule has 3 atom stereocenters. The summed E-state index contributed by atoms with van der Waals surface area (Å²) in [7, 11) is -0.249. The quantitative estimate of drug-likeness (QED) is 0.00271. The van der Waals surface area contributed by atoms with Gasteiger partial charge in [0.05, 0.1) is 33.6 Å². The minimum absolute atomic E-state index is 0. The Kier molecular flexibility index (Phi) is 101. The van der Waals surface area contributed by atoms with Crippen LogP contribution < -0.4 is 91.8 Å². The molecular weight excluding hydrogens is 1540 g/mol. The molecule has 0 fully saturated rings. The first-order valence-electron chi connectivity index (χ1n) is 37.6. The van der Waals surface area contributed by atoms with Gasteiger partial charge in [-0.25, -0.2) is 29.0 Å². The summed E-state index contributed by atoms with van der Waals surface area (Å²) in [6, 6.07) is -2.92. The predicted molar refractivity (Wildman–Crippen MR) is 485 cm³/mol. The van der Waals surface area contributed by atoms with E-state index in [0.29, 0.717) is 45.9 Å². The Morgan fingerprint density at radius 1 is 0.517 bits per heavy atom. The molecule has 0 aromatic carbocycles. The summed E-state index contributed by atoms with van der Waals surface area (Å²) in [4.78, 5) is 74.8. The first-order valence-corrected chi connectivity index (χ1v) is 42.1. The monoisotopic (exact) mass is 1710 g/mol. The number of aliphatic hydroxyl groups is 1. The maximum absolute atomic E-state index is 11.9. The number of methoxy groups -OCH3 is 2. The number of isocyanates is 1. The molecule has 0 aromatic rings. The van der Waals surface area contributed by atoms with Crippen molar-refractivity contribution >= 4 is 54.1 Å². The number of aliphatic hydroxyl groups excluding tert-OH is 1. The van der Waals surface area contributed by atoms with Crippen LogP contribution in [0.4, 0.5) is 9.59 Å². The Bertz CT molecular complexity index is 2770. The Morgan fingerprint density at radius 2 is 0.793 bits per heavy atom. The molecular formula is C85H172N13Na2O14PS. The number of carbonyl (C=O) groups excluding carboxylic acids is 5. The van der Waals surface area contributed by atoms with Crippen LogP contribution in [0.5, 0.6) is 0 Å². The number of aliphatic carboxylic acids is 1. The molecule has 0 radical (unpaired) electrons. The number of nitrogens with one attached hydrogen (secondary N) is 4. The normalized spacial score (nSPS) is 11.5. The predicted octanol–water partition coefficient (Wildman–Crippen LogP) is 15.0. The largest absolute Gasteiger partial charge is 1.00 e. The van der Waals surface area contributed by atoms with E-state index in [0.717, 1.165) is 96.3 Å². The number of hydrogen-bond donors (Lipinski definition) is 8. The Morgan fingerprint density at radius 3 is 1.03 bits per heavy atom. The van der Waals surface area contributed by atoms with E-state index < -0.39 is 57.0 Å². The summed E-state index contributed by atoms with van der Waals surface area (Å²) in [5, 5.41) is 31.9. The number of rotatable bonds is 39. The number of amides is 4. The Labute approximate surface area is 754 Å². The standard InChI is InChI=1S/C16H30N2O3.C15H28N2O3.C9H15NO.C9H18O3S.C8H15N3.C8H17N.C8H16O.C7H15NO2.C3H9P.2CH4.N3.2Na.H2O/c1-8-9-16(5,6)10-11-17-14(20)18-12(13(19)21-7)15(2,3)4;1-7-8-15(5,6)9-10-16-13(20)17-11(12(18)19)14(2,3)4;1-4-5-9(2,3)6-7-10-8-11;1-5-6-9(2,3)7-8-12-13(4,10)11;1-4-5-8(2,3)6-7-10-11-9;2*1-4-5-8(2,3)6-7-9;1-7(2,3)5(8)6(9)10-4;1-4(2)3;;;1-3-2;;;/h8,12H,1,9-11H2,2-7H3,(H2,17,18,20);7,11H,1,8-10H2,2-6H3,(H,18,19)(H2,16,17,20);4H,1,5-7H2,2-3H3;5H,1,6-8H2,2-4H3;4H,1,5-7H2,2-3H3;4H,1,5-7,9H2,2-3H3;4,9H,1,5-7H2,2-3H3;5H,8H2,1-4H3;1-3H3;2*1H4;;;;1H2/q;;;;;;;;;;;-1;2*+1;/p-1/t12-;11-;;;;;;5-;;;;;;;/m11.....1......./s1. The van der Waals surface area contributed by atoms with Gasteiger partial charge in [0.1, 0.15) is 18.1 Å². The van der Waals surface area contributed by atoms with Crippen molar-refractivity contribution < 1.29 is 126 Å². The van der Waals surface area contributed by atoms with Crippen molar-refractivity contribution in [3.05, 3.63) is 115 Å². The number of nitrogens with two attached hydrogens (primary N) is 2. The molecule has 0 bridgehead atoms. The summed E-state index contributed by atoms with van der Waals surface area (Å²) in [5.41, 5.74) is 32.6. The van der Waals surface area contributed by atoms with Crippen LogP contribution in [0.15, 0.2) is 98.7 Å². The fourth-order valence-corrected chi connectivity index (χ4v) is 9.07. The molecule has 0 aliphatic carbocycles. The molecule has 0 spiro atoms. The molecule has 0 unspecified atom stereocenters. The van der Waals surface area contributed by atoms with Crippen LogP contribution in [-0.4, -0.2) is 165 Å². The zero-order valence-electron chi connectivity index (χ0n) is 77.5. The third-order valence-electron chi connectivity index (χ3n) is 16.0. The van der Waals surface area contributed by atoms with Gasteiger partial charge in [-0.1, -0.05) is 222 Å². The van der Waals surface area contributed by atoms with Crippen molar-refractivity contribution in [3.63, 3.8) is 0 Å². The van der Waals surface area contributed by atoms with Gasteiger partial charge < -0.3 is 69.0 Å². The van der Waals surface area contributed by atoms with Crippen LogP contribution in [-0.2, 0) is 43.0 Å². The number of carbonyl (C=O) groups is 5. The van der Waals surface area contributed by atoms with Crippen molar-refractivity contribution in [2.75, 3.05) is 86.4 Å². The van der Waals surface area contributed by atoms with Crippen LogP contribution in [0, 0.1) is 54.1 Å². The maximum atomic E-state index is 11.9. The SMILES string of the molecule is C.C.C=CCC(C)(C)CCN.C=CCC(C)(C)CCN=C=O.C=CCC(C)(C)CCN=[N+]=[N-].C=CCC(C)(C)CCNC(=O)N[C@H](C(=O)O)C(C)(C)C.C=CCC(C)(C)CCNC(=O)N[C@H](C(=O)OC)C(C)(C)C.C=CCC(C)(C)CCO.C=CCC(C)(C)CCOS(C)(=O)=O.COC(=O)[C@@H](N)C(C)(C)C.CP(C)C.[N-]=[N+]=[N-].[Na+].[Na+].[OH-]. The van der Waals surface area contributed by atoms with E-state index in [2.05, 4.69) is 208 Å². The number of nitrogens with zero attached hydrogens (tertiary/aromatic N) is 7. The van der Waals surface area contributed by atoms with Gasteiger partial charge in [0.2, 0.25) is 6.08 Å². The summed E-state index contributed by atoms with van der Waals surface area (Å²) in [6.45, 7) is 82.4. The number of esters is 2. The molecule has 0 saturated carbocycles. The topological polar surface area (TPSA) is 455 Å². The zero-order valence-corrected chi connectivity index (χ0v) is 83.3. The van der Waals surface area contributed by atoms with Crippen molar-refractivity contribution in [1.29, 1.82) is 0 Å². The third-order valence-corrected chi connectivity index (χ3v) is 16.6. The van der Waals surface area contributed by atoms with Gasteiger partial charge in [0.25, 0.3) is 10.1 Å². The number of carboxylic acid groups (broad SMARTS) is 1. The number of urea groups is 2. The van der Waals surface area contributed by atoms with Gasteiger partial charge in [0, 0.05) is 31.2 Å². The maximum Gasteiger partial charge on any atom is 1.00 e. The van der Waals surface area contributed by atoms with Gasteiger partial charge in [0.15, 0.2) is 0 Å². The van der Waals surface area contributed by atoms with Gasteiger partial charge in [-0.3, -0.25) is 13.9 Å². The average Bonchev–Trinajstić information content (AvgIpc) is 0.864. The number of aliphatic imine (C=N–C) groups is 1. The molecule has 0 aliphatic rings. The van der Waals surface area contributed by atoms with E-state index in [1.165, 1.54) is 25.2 Å². The van der Waals surface area contributed by atoms with Gasteiger partial charge in [-0.05, 0) is 176 Å². The van der Waals surface area contributed by atoms with Crippen molar-refractivity contribution in [2.24, 2.45) is 75.7 Å². The van der Waals surface area contributed by atoms with Gasteiger partial charge in [-0.2, -0.15) is 8.42 Å². The number of azide groups is 1. The van der Waals surface area contributed by atoms with Crippen LogP contribution in [0.2, 0.25) is 0 Å². The minimum atomic E-state index is -3.29. The van der Waals surface area contributed by atoms with Gasteiger partial charge in [-0.15, -0.1) is 54.0 Å². The second-order valence-corrected chi connectivity index (χ2v) is 40.2. The number of ether oxygens (including phenoxy) is 2. The first kappa shape index (κ1) is 146.